The summed E-state index contributed by atoms with van der Waals surface area (Å²) in [4.78, 5) is -1.11. The van der Waals surface area contributed by atoms with E-state index in [9.17, 15) is 34.8 Å². The molecular weight excluding hydrogens is 396 g/mol. The van der Waals surface area contributed by atoms with Gasteiger partial charge in [0.05, 0.1) is 16.0 Å². The van der Waals surface area contributed by atoms with Crippen molar-refractivity contribution < 1.29 is 34.8 Å². The van der Waals surface area contributed by atoms with Gasteiger partial charge in [-0.25, -0.2) is 8.42 Å². The summed E-state index contributed by atoms with van der Waals surface area (Å²) in [5.41, 5.74) is -1.36. The van der Waals surface area contributed by atoms with Crippen molar-refractivity contribution in [2.45, 2.75) is 36.5 Å². The van der Waals surface area contributed by atoms with Crippen LogP contribution >= 0.6 is 0 Å². The van der Waals surface area contributed by atoms with Crippen molar-refractivity contribution in [3.05, 3.63) is 58.7 Å². The highest BCUT2D eigenvalue weighted by Gasteiger charge is 2.38. The van der Waals surface area contributed by atoms with Crippen molar-refractivity contribution in [3.63, 3.8) is 0 Å². The minimum absolute atomic E-state index is 0.0848. The molecule has 0 spiro atoms. The molecule has 10 heteroatoms. The molecule has 0 saturated heterocycles. The van der Waals surface area contributed by atoms with E-state index in [-0.39, 0.29) is 23.9 Å². The van der Waals surface area contributed by atoms with Gasteiger partial charge in [-0.05, 0) is 60.7 Å². The van der Waals surface area contributed by atoms with E-state index in [1.54, 1.807) is 6.07 Å². The molecule has 0 amide bonds. The second-order valence-corrected chi connectivity index (χ2v) is 7.87. The third kappa shape index (κ3) is 4.20. The Hall–Kier alpha value is -2.23. The number of anilines is 1. The van der Waals surface area contributed by atoms with Gasteiger partial charge in [0.15, 0.2) is 0 Å². The summed E-state index contributed by atoms with van der Waals surface area (Å²) in [5, 5.41) is 0. The Labute approximate surface area is 151 Å². The lowest BCUT2D eigenvalue weighted by atomic mass is 10.1. The molecule has 3 nitrogen and oxygen atoms in total. The predicted octanol–water partition coefficient (Wildman–Crippen LogP) is 5.01. The van der Waals surface area contributed by atoms with Crippen LogP contribution in [0.5, 0.6) is 0 Å². The SMILES string of the molecule is O=S(=O)(Nc1ccc2c(c1)CCC2)c1cc(C(F)(F)F)cc(C(F)(F)F)c1. The van der Waals surface area contributed by atoms with Gasteiger partial charge in [-0.15, -0.1) is 0 Å². The first-order chi connectivity index (χ1) is 12.4. The van der Waals surface area contributed by atoms with Crippen molar-refractivity contribution in [2.75, 3.05) is 4.72 Å². The zero-order valence-electron chi connectivity index (χ0n) is 13.6. The average Bonchev–Trinajstić information content (AvgIpc) is 3.00. The van der Waals surface area contributed by atoms with Gasteiger partial charge in [-0.2, -0.15) is 26.3 Å². The number of hydrogen-bond acceptors (Lipinski definition) is 2. The van der Waals surface area contributed by atoms with Crippen molar-refractivity contribution in [3.8, 4) is 0 Å². The summed E-state index contributed by atoms with van der Waals surface area (Å²) < 4.78 is 104. The third-order valence-corrected chi connectivity index (χ3v) is 5.58. The Morgan fingerprint density at radius 3 is 1.89 bits per heavy atom. The monoisotopic (exact) mass is 409 g/mol. The third-order valence-electron chi connectivity index (χ3n) is 4.22. The zero-order valence-corrected chi connectivity index (χ0v) is 14.4. The topological polar surface area (TPSA) is 46.2 Å². The summed E-state index contributed by atoms with van der Waals surface area (Å²) in [6, 6.07) is 4.91. The molecule has 146 valence electrons. The van der Waals surface area contributed by atoms with Gasteiger partial charge in [0.25, 0.3) is 10.0 Å². The number of hydrogen-bond donors (Lipinski definition) is 1. The fourth-order valence-electron chi connectivity index (χ4n) is 2.93. The highest BCUT2D eigenvalue weighted by Crippen LogP contribution is 2.37. The van der Waals surface area contributed by atoms with Crippen molar-refractivity contribution >= 4 is 15.7 Å². The van der Waals surface area contributed by atoms with E-state index in [1.165, 1.54) is 12.1 Å². The molecule has 0 fully saturated rings. The molecule has 27 heavy (non-hydrogen) atoms. The molecule has 2 aromatic rings. The first-order valence-corrected chi connectivity index (χ1v) is 9.29. The molecule has 3 rings (SSSR count). The molecular formula is C17H13F6NO2S. The largest absolute Gasteiger partial charge is 0.416 e. The number of halogens is 6. The Kier molecular flexibility index (Phi) is 4.65. The molecule has 0 atom stereocenters. The lowest BCUT2D eigenvalue weighted by Crippen LogP contribution is -2.17. The smallest absolute Gasteiger partial charge is 0.280 e. The minimum atomic E-state index is -5.13. The van der Waals surface area contributed by atoms with E-state index >= 15 is 0 Å². The summed E-state index contributed by atoms with van der Waals surface area (Å²) in [6.07, 6.45) is -7.79. The lowest BCUT2D eigenvalue weighted by Gasteiger charge is -2.15. The van der Waals surface area contributed by atoms with Crippen molar-refractivity contribution in [2.24, 2.45) is 0 Å². The van der Waals surface area contributed by atoms with Crippen LogP contribution in [0.3, 0.4) is 0 Å². The second-order valence-electron chi connectivity index (χ2n) is 6.18. The minimum Gasteiger partial charge on any atom is -0.280 e. The first kappa shape index (κ1) is 19.5. The predicted molar refractivity (Wildman–Crippen MR) is 85.7 cm³/mol. The van der Waals surface area contributed by atoms with Crippen molar-refractivity contribution in [1.82, 2.24) is 0 Å². The van der Waals surface area contributed by atoms with E-state index in [2.05, 4.69) is 4.72 Å². The van der Waals surface area contributed by atoms with Crippen molar-refractivity contribution in [1.29, 1.82) is 0 Å². The van der Waals surface area contributed by atoms with Gasteiger partial charge >= 0.3 is 12.4 Å². The fraction of sp³-hybridized carbons (Fsp3) is 0.294. The number of alkyl halides is 6. The van der Waals surface area contributed by atoms with Gasteiger partial charge in [0.1, 0.15) is 0 Å². The molecule has 0 radical (unpaired) electrons. The molecule has 0 saturated carbocycles. The first-order valence-electron chi connectivity index (χ1n) is 7.80. The van der Waals surface area contributed by atoms with E-state index < -0.39 is 38.4 Å². The van der Waals surface area contributed by atoms with E-state index in [0.29, 0.717) is 0 Å². The van der Waals surface area contributed by atoms with Crippen LogP contribution in [-0.2, 0) is 35.2 Å². The highest BCUT2D eigenvalue weighted by molar-refractivity contribution is 7.92. The van der Waals surface area contributed by atoms with Crippen LogP contribution in [0.25, 0.3) is 0 Å². The summed E-state index contributed by atoms with van der Waals surface area (Å²) in [6.45, 7) is 0. The van der Waals surface area contributed by atoms with Crippen LogP contribution in [0, 0.1) is 0 Å². The van der Waals surface area contributed by atoms with Crippen LogP contribution in [0.15, 0.2) is 41.3 Å². The number of aryl methyl sites for hydroxylation is 2. The van der Waals surface area contributed by atoms with Crippen LogP contribution in [0.4, 0.5) is 32.0 Å². The van der Waals surface area contributed by atoms with Gasteiger partial charge in [-0.3, -0.25) is 4.72 Å². The van der Waals surface area contributed by atoms with E-state index in [4.69, 9.17) is 0 Å². The quantitative estimate of drug-likeness (QED) is 0.725. The summed E-state index contributed by atoms with van der Waals surface area (Å²) >= 11 is 0. The fourth-order valence-corrected chi connectivity index (χ4v) is 4.05. The summed E-state index contributed by atoms with van der Waals surface area (Å²) in [7, 11) is -4.65. The number of nitrogens with one attached hydrogen (secondary N) is 1. The van der Waals surface area contributed by atoms with Gasteiger partial charge in [0.2, 0.25) is 0 Å². The van der Waals surface area contributed by atoms with Crippen LogP contribution < -0.4 is 4.72 Å². The van der Waals surface area contributed by atoms with E-state index in [0.717, 1.165) is 30.4 Å². The standard InChI is InChI=1S/C17H13F6NO2S/c18-16(19,20)12-7-13(17(21,22)23)9-15(8-12)27(25,26)24-14-5-4-10-2-1-3-11(10)6-14/h4-9,24H,1-3H2. The normalized spacial score (nSPS) is 14.9. The molecule has 1 aliphatic carbocycles. The lowest BCUT2D eigenvalue weighted by molar-refractivity contribution is -0.143. The maximum absolute atomic E-state index is 12.9. The Bertz CT molecular complexity index is 948. The molecule has 2 aromatic carbocycles. The second kappa shape index (κ2) is 6.43. The molecule has 0 heterocycles. The van der Waals surface area contributed by atoms with Crippen LogP contribution in [0.1, 0.15) is 28.7 Å². The highest BCUT2D eigenvalue weighted by atomic mass is 32.2. The average molecular weight is 409 g/mol. The molecule has 0 bridgehead atoms. The Balaban J connectivity index is 2.03. The summed E-state index contributed by atoms with van der Waals surface area (Å²) in [5.74, 6) is 0. The van der Waals surface area contributed by atoms with Crippen LogP contribution in [-0.4, -0.2) is 8.42 Å². The van der Waals surface area contributed by atoms with Gasteiger partial charge in [0, 0.05) is 5.69 Å². The number of fused-ring (bicyclic) bond motifs is 1. The number of benzene rings is 2. The Morgan fingerprint density at radius 2 is 1.33 bits per heavy atom. The van der Waals surface area contributed by atoms with Crippen LogP contribution in [0.2, 0.25) is 0 Å². The molecule has 1 N–H and O–H groups in total. The molecule has 0 aliphatic heterocycles. The molecule has 0 unspecified atom stereocenters. The number of rotatable bonds is 3. The van der Waals surface area contributed by atoms with Gasteiger partial charge in [-0.1, -0.05) is 6.07 Å². The Morgan fingerprint density at radius 1 is 0.778 bits per heavy atom. The number of sulfonamides is 1. The zero-order chi connectivity index (χ0) is 20.0. The molecule has 0 aromatic heterocycles. The van der Waals surface area contributed by atoms with Gasteiger partial charge < -0.3 is 0 Å². The maximum atomic E-state index is 12.9. The van der Waals surface area contributed by atoms with E-state index in [1.807, 2.05) is 0 Å². The maximum Gasteiger partial charge on any atom is 0.416 e. The molecule has 1 aliphatic rings.